The van der Waals surface area contributed by atoms with Crippen molar-refractivity contribution in [3.8, 4) is 0 Å². The number of ether oxygens (including phenoxy) is 2. The molecule has 18 heavy (non-hydrogen) atoms. The molecule has 0 N–H and O–H groups in total. The van der Waals surface area contributed by atoms with E-state index in [4.69, 9.17) is 0 Å². The van der Waals surface area contributed by atoms with Crippen LogP contribution < -0.4 is 0 Å². The van der Waals surface area contributed by atoms with Crippen molar-refractivity contribution in [1.82, 2.24) is 0 Å². The van der Waals surface area contributed by atoms with Crippen molar-refractivity contribution in [1.29, 1.82) is 0 Å². The van der Waals surface area contributed by atoms with Gasteiger partial charge < -0.3 is 9.47 Å². The molecule has 0 unspecified atom stereocenters. The molecule has 2 heteroatoms. The molecule has 0 heterocycles. The minimum atomic E-state index is 0.819. The average Bonchev–Trinajstić information content (AvgIpc) is 2.41. The molecule has 0 amide bonds. The maximum Gasteiger partial charge on any atom is 0.0433 e. The summed E-state index contributed by atoms with van der Waals surface area (Å²) in [6, 6.07) is 10.3. The predicted octanol–water partition coefficient (Wildman–Crippen LogP) is 4.72. The lowest BCUT2D eigenvalue weighted by molar-refractivity contribution is 0.215. The molecule has 0 radical (unpaired) electrons. The fraction of sp³-hybridized carbons (Fsp3) is 0.625. The van der Waals surface area contributed by atoms with Gasteiger partial charge in [0, 0.05) is 27.4 Å². The molecule has 0 aliphatic heterocycles. The van der Waals surface area contributed by atoms with Gasteiger partial charge in [0.05, 0.1) is 0 Å². The largest absolute Gasteiger partial charge is 0.385 e. The van der Waals surface area contributed by atoms with Gasteiger partial charge >= 0.3 is 0 Å². The van der Waals surface area contributed by atoms with E-state index < -0.39 is 0 Å². The van der Waals surface area contributed by atoms with Crippen LogP contribution in [0, 0.1) is 6.92 Å². The van der Waals surface area contributed by atoms with E-state index in [1.165, 1.54) is 12.0 Å². The third-order valence-corrected chi connectivity index (χ3v) is 1.52. The molecule has 108 valence electrons. The van der Waals surface area contributed by atoms with Crippen LogP contribution in [-0.4, -0.2) is 27.4 Å². The lowest BCUT2D eigenvalue weighted by Gasteiger charge is -1.82. The number of hydrogen-bond donors (Lipinski definition) is 0. The summed E-state index contributed by atoms with van der Waals surface area (Å²) in [6.07, 6.45) is 1.25. The maximum atomic E-state index is 4.54. The van der Waals surface area contributed by atoms with Crippen LogP contribution in [0.5, 0.6) is 0 Å². The standard InChI is InChI=1S/C7H8.2C3H8O.C3H8/c1-7-5-3-2-4-6-7;2*1-3-4-2;1-3-2/h2-6H,1H3;2*3H2,1-2H3;3H2,1-2H3. The van der Waals surface area contributed by atoms with E-state index in [1.807, 2.05) is 32.0 Å². The maximum absolute atomic E-state index is 4.54. The number of hydrogen-bond acceptors (Lipinski definition) is 2. The van der Waals surface area contributed by atoms with Gasteiger partial charge in [0.2, 0.25) is 0 Å². The summed E-state index contributed by atoms with van der Waals surface area (Å²) in [5, 5.41) is 0. The van der Waals surface area contributed by atoms with Gasteiger partial charge in [-0.1, -0.05) is 56.2 Å². The van der Waals surface area contributed by atoms with E-state index in [1.54, 1.807) is 14.2 Å². The smallest absolute Gasteiger partial charge is 0.0433 e. The number of aryl methyl sites for hydroxylation is 1. The zero-order valence-corrected chi connectivity index (χ0v) is 13.3. The SMILES string of the molecule is CCC.CCOC.CCOC.Cc1ccccc1. The summed E-state index contributed by atoms with van der Waals surface area (Å²) < 4.78 is 9.08. The molecule has 1 rings (SSSR count). The average molecular weight is 256 g/mol. The van der Waals surface area contributed by atoms with E-state index in [2.05, 4.69) is 42.4 Å². The summed E-state index contributed by atoms with van der Waals surface area (Å²) in [5.41, 5.74) is 1.32. The van der Waals surface area contributed by atoms with Gasteiger partial charge in [0.25, 0.3) is 0 Å². The molecule has 0 aromatic heterocycles. The number of methoxy groups -OCH3 is 2. The highest BCUT2D eigenvalue weighted by atomic mass is 16.5. The second kappa shape index (κ2) is 25.1. The van der Waals surface area contributed by atoms with Gasteiger partial charge in [-0.05, 0) is 20.8 Å². The van der Waals surface area contributed by atoms with E-state index in [-0.39, 0.29) is 0 Å². The first kappa shape index (κ1) is 22.3. The van der Waals surface area contributed by atoms with Crippen LogP contribution in [-0.2, 0) is 9.47 Å². The first-order chi connectivity index (χ1) is 8.64. The molecule has 0 saturated carbocycles. The van der Waals surface area contributed by atoms with Crippen molar-refractivity contribution in [2.45, 2.75) is 41.0 Å². The van der Waals surface area contributed by atoms with Crippen LogP contribution in [0.4, 0.5) is 0 Å². The lowest BCUT2D eigenvalue weighted by Crippen LogP contribution is -1.73. The normalized spacial score (nSPS) is 7.72. The highest BCUT2D eigenvalue weighted by Crippen LogP contribution is 1.92. The van der Waals surface area contributed by atoms with Crippen molar-refractivity contribution in [2.75, 3.05) is 27.4 Å². The molecule has 0 bridgehead atoms. The minimum absolute atomic E-state index is 0.819. The van der Waals surface area contributed by atoms with Crippen LogP contribution in [0.3, 0.4) is 0 Å². The fourth-order valence-electron chi connectivity index (χ4n) is 0.534. The Labute approximate surface area is 114 Å². The molecule has 0 aliphatic rings. The van der Waals surface area contributed by atoms with Crippen molar-refractivity contribution in [3.05, 3.63) is 35.9 Å². The Balaban J connectivity index is -0.000000180. The third kappa shape index (κ3) is 36.2. The van der Waals surface area contributed by atoms with E-state index in [0.29, 0.717) is 0 Å². The molecular weight excluding hydrogens is 224 g/mol. The quantitative estimate of drug-likeness (QED) is 0.762. The van der Waals surface area contributed by atoms with Crippen molar-refractivity contribution < 1.29 is 9.47 Å². The Hall–Kier alpha value is -0.860. The Morgan fingerprint density at radius 2 is 1.06 bits per heavy atom. The summed E-state index contributed by atoms with van der Waals surface area (Å²) in [5.74, 6) is 0. The topological polar surface area (TPSA) is 18.5 Å². The molecule has 0 saturated heterocycles. The Bertz CT molecular complexity index is 190. The molecule has 1 aromatic rings. The van der Waals surface area contributed by atoms with Gasteiger partial charge in [0.1, 0.15) is 0 Å². The first-order valence-corrected chi connectivity index (χ1v) is 6.63. The number of rotatable bonds is 2. The van der Waals surface area contributed by atoms with Crippen molar-refractivity contribution >= 4 is 0 Å². The molecule has 0 spiro atoms. The highest BCUT2D eigenvalue weighted by molar-refractivity contribution is 5.11. The lowest BCUT2D eigenvalue weighted by atomic mass is 10.2. The van der Waals surface area contributed by atoms with Crippen LogP contribution >= 0.6 is 0 Å². The zero-order chi connectivity index (χ0) is 14.6. The Kier molecular flexibility index (Phi) is 31.1. The van der Waals surface area contributed by atoms with Crippen LogP contribution in [0.25, 0.3) is 0 Å². The van der Waals surface area contributed by atoms with Crippen LogP contribution in [0.1, 0.15) is 39.7 Å². The van der Waals surface area contributed by atoms with Crippen molar-refractivity contribution in [3.63, 3.8) is 0 Å². The van der Waals surface area contributed by atoms with Crippen LogP contribution in [0.2, 0.25) is 0 Å². The van der Waals surface area contributed by atoms with E-state index >= 15 is 0 Å². The molecule has 0 atom stereocenters. The summed E-state index contributed by atoms with van der Waals surface area (Å²) >= 11 is 0. The minimum Gasteiger partial charge on any atom is -0.385 e. The zero-order valence-electron chi connectivity index (χ0n) is 13.3. The Morgan fingerprint density at radius 3 is 1.17 bits per heavy atom. The van der Waals surface area contributed by atoms with Gasteiger partial charge in [0.15, 0.2) is 0 Å². The summed E-state index contributed by atoms with van der Waals surface area (Å²) in [4.78, 5) is 0. The number of benzene rings is 1. The van der Waals surface area contributed by atoms with Gasteiger partial charge in [-0.25, -0.2) is 0 Å². The van der Waals surface area contributed by atoms with Crippen molar-refractivity contribution in [2.24, 2.45) is 0 Å². The molecule has 1 aromatic carbocycles. The van der Waals surface area contributed by atoms with E-state index in [0.717, 1.165) is 13.2 Å². The molecular formula is C16H32O2. The highest BCUT2D eigenvalue weighted by Gasteiger charge is 1.72. The summed E-state index contributed by atoms with van der Waals surface area (Å²) in [6.45, 7) is 11.9. The monoisotopic (exact) mass is 256 g/mol. The second-order valence-corrected chi connectivity index (χ2v) is 3.52. The van der Waals surface area contributed by atoms with E-state index in [9.17, 15) is 0 Å². The Morgan fingerprint density at radius 1 is 0.778 bits per heavy atom. The first-order valence-electron chi connectivity index (χ1n) is 6.63. The van der Waals surface area contributed by atoms with Gasteiger partial charge in [-0.15, -0.1) is 0 Å². The predicted molar refractivity (Wildman–Crippen MR) is 82.2 cm³/mol. The van der Waals surface area contributed by atoms with Crippen LogP contribution in [0.15, 0.2) is 30.3 Å². The summed E-state index contributed by atoms with van der Waals surface area (Å²) in [7, 11) is 3.36. The second-order valence-electron chi connectivity index (χ2n) is 3.52. The molecule has 0 aliphatic carbocycles. The van der Waals surface area contributed by atoms with Gasteiger partial charge in [-0.3, -0.25) is 0 Å². The molecule has 0 fully saturated rings. The fourth-order valence-corrected chi connectivity index (χ4v) is 0.534. The molecule has 2 nitrogen and oxygen atoms in total. The van der Waals surface area contributed by atoms with Gasteiger partial charge in [-0.2, -0.15) is 0 Å². The third-order valence-electron chi connectivity index (χ3n) is 1.52.